The van der Waals surface area contributed by atoms with Gasteiger partial charge in [0.15, 0.2) is 5.75 Å². The van der Waals surface area contributed by atoms with Crippen molar-refractivity contribution >= 4 is 33.2 Å². The molecule has 1 N–H and O–H groups in total. The van der Waals surface area contributed by atoms with Gasteiger partial charge in [0.05, 0.1) is 23.0 Å². The molecule has 2 aromatic rings. The number of rotatable bonds is 5. The number of nitrogens with zero attached hydrogens (tertiary/aromatic N) is 2. The first kappa shape index (κ1) is 16.2. The Morgan fingerprint density at radius 1 is 1.43 bits per heavy atom. The number of ether oxygens (including phenoxy) is 1. The molecule has 0 unspecified atom stereocenters. The van der Waals surface area contributed by atoms with Crippen LogP contribution in [0.3, 0.4) is 0 Å². The van der Waals surface area contributed by atoms with Gasteiger partial charge in [-0.25, -0.2) is 0 Å². The van der Waals surface area contributed by atoms with Crippen molar-refractivity contribution in [2.45, 2.75) is 26.3 Å². The predicted molar refractivity (Wildman–Crippen MR) is 90.3 cm³/mol. The first-order chi connectivity index (χ1) is 9.92. The topological polar surface area (TPSA) is 39.1 Å². The van der Waals surface area contributed by atoms with E-state index in [0.717, 1.165) is 21.6 Å². The van der Waals surface area contributed by atoms with Crippen molar-refractivity contribution in [3.05, 3.63) is 39.1 Å². The predicted octanol–water partition coefficient (Wildman–Crippen LogP) is 4.58. The molecule has 0 radical (unpaired) electrons. The second-order valence-corrected chi connectivity index (χ2v) is 6.48. The van der Waals surface area contributed by atoms with Gasteiger partial charge in [-0.1, -0.05) is 25.4 Å². The van der Waals surface area contributed by atoms with Crippen LogP contribution in [0.5, 0.6) is 5.75 Å². The van der Waals surface area contributed by atoms with Crippen molar-refractivity contribution < 1.29 is 4.74 Å². The molecule has 114 valence electrons. The third kappa shape index (κ3) is 3.71. The number of anilines is 1. The van der Waals surface area contributed by atoms with Crippen LogP contribution in [0.15, 0.2) is 22.8 Å². The third-order valence-electron chi connectivity index (χ3n) is 3.17. The maximum Gasteiger partial charge on any atom is 0.156 e. The van der Waals surface area contributed by atoms with Gasteiger partial charge < -0.3 is 10.1 Å². The first-order valence-corrected chi connectivity index (χ1v) is 7.88. The zero-order valence-corrected chi connectivity index (χ0v) is 14.9. The fourth-order valence-corrected chi connectivity index (χ4v) is 3.24. The zero-order valence-electron chi connectivity index (χ0n) is 12.6. The van der Waals surface area contributed by atoms with Gasteiger partial charge >= 0.3 is 0 Å². The monoisotopic (exact) mass is 371 g/mol. The van der Waals surface area contributed by atoms with Crippen LogP contribution in [-0.2, 0) is 13.6 Å². The molecule has 0 spiro atoms. The highest BCUT2D eigenvalue weighted by molar-refractivity contribution is 9.10. The summed E-state index contributed by atoms with van der Waals surface area (Å²) in [5, 5.41) is 8.54. The van der Waals surface area contributed by atoms with Crippen molar-refractivity contribution in [2.24, 2.45) is 7.05 Å². The molecular weight excluding hydrogens is 354 g/mol. The average Bonchev–Trinajstić information content (AvgIpc) is 2.77. The summed E-state index contributed by atoms with van der Waals surface area (Å²) in [6, 6.07) is 3.67. The van der Waals surface area contributed by atoms with E-state index in [2.05, 4.69) is 40.2 Å². The Hall–Kier alpha value is -1.20. The first-order valence-electron chi connectivity index (χ1n) is 6.71. The van der Waals surface area contributed by atoms with Crippen LogP contribution in [0.1, 0.15) is 31.0 Å². The Morgan fingerprint density at radius 2 is 2.14 bits per heavy atom. The highest BCUT2D eigenvalue weighted by Crippen LogP contribution is 2.36. The van der Waals surface area contributed by atoms with Crippen LogP contribution in [0.2, 0.25) is 5.02 Å². The smallest absolute Gasteiger partial charge is 0.156 e. The molecule has 0 aliphatic carbocycles. The summed E-state index contributed by atoms with van der Waals surface area (Å²) in [5.74, 6) is 1.13. The van der Waals surface area contributed by atoms with E-state index in [9.17, 15) is 0 Å². The molecule has 0 saturated heterocycles. The summed E-state index contributed by atoms with van der Waals surface area (Å²) in [6.07, 6.45) is 2.04. The number of aryl methyl sites for hydroxylation is 1. The van der Waals surface area contributed by atoms with E-state index in [4.69, 9.17) is 16.3 Å². The molecular formula is C15H19BrClN3O. The molecule has 1 heterocycles. The molecule has 0 aliphatic heterocycles. The summed E-state index contributed by atoms with van der Waals surface area (Å²) < 4.78 is 8.09. The quantitative estimate of drug-likeness (QED) is 0.835. The average molecular weight is 373 g/mol. The minimum Gasteiger partial charge on any atom is -0.493 e. The van der Waals surface area contributed by atoms with Gasteiger partial charge in [-0.3, -0.25) is 4.68 Å². The zero-order chi connectivity index (χ0) is 15.6. The lowest BCUT2D eigenvalue weighted by molar-refractivity contribution is 0.414. The van der Waals surface area contributed by atoms with Crippen molar-refractivity contribution in [3.8, 4) is 5.75 Å². The largest absolute Gasteiger partial charge is 0.493 e. The molecule has 0 saturated carbocycles. The summed E-state index contributed by atoms with van der Waals surface area (Å²) in [5.41, 5.74) is 3.13. The number of halogens is 2. The second kappa shape index (κ2) is 6.71. The molecule has 6 heteroatoms. The van der Waals surface area contributed by atoms with Crippen LogP contribution >= 0.6 is 27.5 Å². The van der Waals surface area contributed by atoms with E-state index in [0.29, 0.717) is 17.5 Å². The molecule has 2 rings (SSSR count). The molecule has 0 bridgehead atoms. The van der Waals surface area contributed by atoms with Gasteiger partial charge in [0.25, 0.3) is 0 Å². The summed E-state index contributed by atoms with van der Waals surface area (Å²) in [4.78, 5) is 0. The van der Waals surface area contributed by atoms with Gasteiger partial charge in [-0.05, 0) is 34.0 Å². The van der Waals surface area contributed by atoms with Crippen molar-refractivity contribution in [2.75, 3.05) is 12.4 Å². The van der Waals surface area contributed by atoms with Crippen molar-refractivity contribution in [1.29, 1.82) is 0 Å². The maximum atomic E-state index is 6.10. The highest BCUT2D eigenvalue weighted by atomic mass is 79.9. The van der Waals surface area contributed by atoms with E-state index in [-0.39, 0.29) is 0 Å². The van der Waals surface area contributed by atoms with E-state index in [1.54, 1.807) is 7.11 Å². The minimum atomic E-state index is 0.385. The molecule has 1 aromatic carbocycles. The molecule has 0 atom stereocenters. The number of benzene rings is 1. The Kier molecular flexibility index (Phi) is 5.17. The normalized spacial score (nSPS) is 11.0. The lowest BCUT2D eigenvalue weighted by Gasteiger charge is -2.14. The van der Waals surface area contributed by atoms with Gasteiger partial charge in [0, 0.05) is 30.4 Å². The van der Waals surface area contributed by atoms with Gasteiger partial charge in [0.1, 0.15) is 0 Å². The van der Waals surface area contributed by atoms with Crippen LogP contribution in [0, 0.1) is 0 Å². The molecule has 0 aliphatic rings. The van der Waals surface area contributed by atoms with Crippen LogP contribution in [-0.4, -0.2) is 16.9 Å². The van der Waals surface area contributed by atoms with Gasteiger partial charge in [-0.15, -0.1) is 0 Å². The molecule has 0 amide bonds. The van der Waals surface area contributed by atoms with Crippen LogP contribution in [0.25, 0.3) is 0 Å². The van der Waals surface area contributed by atoms with Crippen LogP contribution < -0.4 is 10.1 Å². The van der Waals surface area contributed by atoms with Crippen molar-refractivity contribution in [1.82, 2.24) is 9.78 Å². The Balaban J connectivity index is 2.24. The van der Waals surface area contributed by atoms with E-state index in [1.807, 2.05) is 30.1 Å². The summed E-state index contributed by atoms with van der Waals surface area (Å²) >= 11 is 9.56. The van der Waals surface area contributed by atoms with Crippen LogP contribution in [0.4, 0.5) is 5.69 Å². The van der Waals surface area contributed by atoms with E-state index < -0.39 is 0 Å². The maximum absolute atomic E-state index is 6.10. The number of nitrogens with one attached hydrogen (secondary N) is 1. The van der Waals surface area contributed by atoms with E-state index >= 15 is 0 Å². The fourth-order valence-electron chi connectivity index (χ4n) is 2.27. The summed E-state index contributed by atoms with van der Waals surface area (Å²) in [6.45, 7) is 4.95. The Bertz CT molecular complexity index is 640. The Morgan fingerprint density at radius 3 is 2.76 bits per heavy atom. The minimum absolute atomic E-state index is 0.385. The molecule has 4 nitrogen and oxygen atoms in total. The third-order valence-corrected chi connectivity index (χ3v) is 3.97. The SMILES string of the molecule is COc1c(Br)cc(Cl)cc1NCc1cn(C)nc1C(C)C. The number of aromatic nitrogens is 2. The molecule has 1 aromatic heterocycles. The number of hydrogen-bond donors (Lipinski definition) is 1. The Labute approximate surface area is 138 Å². The lowest BCUT2D eigenvalue weighted by Crippen LogP contribution is -2.04. The molecule has 0 fully saturated rings. The van der Waals surface area contributed by atoms with Gasteiger partial charge in [0.2, 0.25) is 0 Å². The second-order valence-electron chi connectivity index (χ2n) is 5.19. The number of hydrogen-bond acceptors (Lipinski definition) is 3. The standard InChI is InChI=1S/C15H19BrClN3O/c1-9(2)14-10(8-20(3)19-14)7-18-13-6-11(17)5-12(16)15(13)21-4/h5-6,8-9,18H,7H2,1-4H3. The highest BCUT2D eigenvalue weighted by Gasteiger charge is 2.13. The van der Waals surface area contributed by atoms with Crippen molar-refractivity contribution in [3.63, 3.8) is 0 Å². The van der Waals surface area contributed by atoms with E-state index in [1.165, 1.54) is 5.56 Å². The summed E-state index contributed by atoms with van der Waals surface area (Å²) in [7, 11) is 3.58. The molecule has 21 heavy (non-hydrogen) atoms. The fraction of sp³-hybridized carbons (Fsp3) is 0.400. The van der Waals surface area contributed by atoms with Gasteiger partial charge in [-0.2, -0.15) is 5.10 Å². The lowest BCUT2D eigenvalue weighted by atomic mass is 10.1. The number of methoxy groups -OCH3 is 1.